The number of carbonyl (C=O) groups is 1. The highest BCUT2D eigenvalue weighted by Gasteiger charge is 2.26. The Morgan fingerprint density at radius 3 is 2.59 bits per heavy atom. The van der Waals surface area contributed by atoms with Crippen LogP contribution in [-0.2, 0) is 24.2 Å². The Labute approximate surface area is 272 Å². The summed E-state index contributed by atoms with van der Waals surface area (Å²) in [6.07, 6.45) is 7.10. The summed E-state index contributed by atoms with van der Waals surface area (Å²) in [7, 11) is 0. The smallest absolute Gasteiger partial charge is 0.257 e. The van der Waals surface area contributed by atoms with E-state index in [4.69, 9.17) is 26.1 Å². The number of benzene rings is 2. The second-order valence-corrected chi connectivity index (χ2v) is 12.4. The van der Waals surface area contributed by atoms with Crippen molar-refractivity contribution in [3.05, 3.63) is 107 Å². The van der Waals surface area contributed by atoms with Crippen LogP contribution in [0.4, 0.5) is 5.69 Å². The van der Waals surface area contributed by atoms with Crippen molar-refractivity contribution in [2.24, 2.45) is 0 Å². The standard InChI is InChI=1S/C35H36ClN7O3/c1-23-2-5-25(20-38-23)35(44)39-27-8-9-31-30(19-27)40-33(43(31)21-29-13-17-45-29)22-42-15-11-28(12-16-42)46-34-10-14-37-32(41-34)18-24-3-6-26(36)7-4-24/h2-10,14,19-20,28-29H,11-13,15-18,21-22H2,1H3,(H,39,44)/t29-/m0/s1. The zero-order chi connectivity index (χ0) is 31.5. The van der Waals surface area contributed by atoms with Crippen molar-refractivity contribution in [1.29, 1.82) is 0 Å². The molecular formula is C35H36ClN7O3. The highest BCUT2D eigenvalue weighted by Crippen LogP contribution is 2.26. The number of fused-ring (bicyclic) bond motifs is 1. The molecule has 5 aromatic rings. The molecule has 1 amide bonds. The average Bonchev–Trinajstić information content (AvgIpc) is 3.37. The van der Waals surface area contributed by atoms with E-state index in [0.29, 0.717) is 28.6 Å². The van der Waals surface area contributed by atoms with Gasteiger partial charge in [-0.05, 0) is 74.2 Å². The molecular weight excluding hydrogens is 602 g/mol. The first-order chi connectivity index (χ1) is 22.4. The maximum Gasteiger partial charge on any atom is 0.257 e. The first kappa shape index (κ1) is 30.3. The van der Waals surface area contributed by atoms with Gasteiger partial charge in [0.15, 0.2) is 0 Å². The van der Waals surface area contributed by atoms with Crippen LogP contribution >= 0.6 is 11.6 Å². The number of anilines is 1. The van der Waals surface area contributed by atoms with E-state index < -0.39 is 0 Å². The number of pyridine rings is 1. The second-order valence-electron chi connectivity index (χ2n) is 12.0. The van der Waals surface area contributed by atoms with Gasteiger partial charge >= 0.3 is 0 Å². The maximum atomic E-state index is 12.8. The lowest BCUT2D eigenvalue weighted by Crippen LogP contribution is -2.39. The SMILES string of the molecule is Cc1ccc(C(=O)Nc2ccc3c(c2)nc(CN2CCC(Oc4ccnc(Cc5ccc(Cl)cc5)n4)CC2)n3C[C@@H]2CCO2)cn1. The summed E-state index contributed by atoms with van der Waals surface area (Å²) in [5.74, 6) is 2.14. The number of aromatic nitrogens is 5. The summed E-state index contributed by atoms with van der Waals surface area (Å²) < 4.78 is 14.4. The molecule has 7 rings (SSSR count). The monoisotopic (exact) mass is 637 g/mol. The first-order valence-electron chi connectivity index (χ1n) is 15.8. The van der Waals surface area contributed by atoms with Crippen molar-refractivity contribution in [1.82, 2.24) is 29.4 Å². The van der Waals surface area contributed by atoms with Gasteiger partial charge in [-0.15, -0.1) is 0 Å². The van der Waals surface area contributed by atoms with Crippen LogP contribution in [0.3, 0.4) is 0 Å². The van der Waals surface area contributed by atoms with E-state index >= 15 is 0 Å². The van der Waals surface area contributed by atoms with Gasteiger partial charge in [-0.2, -0.15) is 4.98 Å². The van der Waals surface area contributed by atoms with Crippen LogP contribution in [0.25, 0.3) is 11.0 Å². The number of rotatable bonds is 10. The van der Waals surface area contributed by atoms with Crippen LogP contribution < -0.4 is 10.1 Å². The molecule has 2 aromatic carbocycles. The third-order valence-corrected chi connectivity index (χ3v) is 8.83. The molecule has 1 N–H and O–H groups in total. The molecule has 0 aliphatic carbocycles. The van der Waals surface area contributed by atoms with E-state index in [2.05, 4.69) is 29.7 Å². The number of hydrogen-bond donors (Lipinski definition) is 1. The van der Waals surface area contributed by atoms with Crippen molar-refractivity contribution >= 4 is 34.2 Å². The molecule has 0 spiro atoms. The van der Waals surface area contributed by atoms with Crippen molar-refractivity contribution in [3.63, 3.8) is 0 Å². The molecule has 2 aliphatic heterocycles. The van der Waals surface area contributed by atoms with E-state index in [1.54, 1.807) is 18.5 Å². The Kier molecular flexibility index (Phi) is 8.91. The molecule has 11 heteroatoms. The van der Waals surface area contributed by atoms with Gasteiger partial charge in [-0.25, -0.2) is 9.97 Å². The van der Waals surface area contributed by atoms with Gasteiger partial charge in [-0.3, -0.25) is 14.7 Å². The molecule has 46 heavy (non-hydrogen) atoms. The number of amides is 1. The minimum absolute atomic E-state index is 0.0895. The van der Waals surface area contributed by atoms with Crippen molar-refractivity contribution < 1.29 is 14.3 Å². The predicted octanol–water partition coefficient (Wildman–Crippen LogP) is 5.86. The van der Waals surface area contributed by atoms with Crippen molar-refractivity contribution in [2.75, 3.05) is 25.0 Å². The zero-order valence-corrected chi connectivity index (χ0v) is 26.5. The Morgan fingerprint density at radius 2 is 1.85 bits per heavy atom. The van der Waals surface area contributed by atoms with Gasteiger partial charge < -0.3 is 19.4 Å². The number of nitrogens with one attached hydrogen (secondary N) is 1. The number of hydrogen-bond acceptors (Lipinski definition) is 8. The summed E-state index contributed by atoms with van der Waals surface area (Å²) in [5.41, 5.74) is 5.08. The van der Waals surface area contributed by atoms with Crippen LogP contribution in [-0.4, -0.2) is 67.2 Å². The van der Waals surface area contributed by atoms with Crippen LogP contribution in [0.2, 0.25) is 5.02 Å². The number of halogens is 1. The molecule has 2 fully saturated rings. The Bertz CT molecular complexity index is 1820. The van der Waals surface area contributed by atoms with Gasteiger partial charge in [-0.1, -0.05) is 23.7 Å². The Hall–Kier alpha value is -4.38. The molecule has 0 bridgehead atoms. The third kappa shape index (κ3) is 7.20. The van der Waals surface area contributed by atoms with Crippen molar-refractivity contribution in [2.45, 2.75) is 57.9 Å². The van der Waals surface area contributed by atoms with Gasteiger partial charge in [0.05, 0.1) is 35.8 Å². The lowest BCUT2D eigenvalue weighted by Gasteiger charge is -2.32. The molecule has 2 aliphatic rings. The van der Waals surface area contributed by atoms with Gasteiger partial charge in [0, 0.05) is 61.0 Å². The molecule has 0 unspecified atom stereocenters. The minimum Gasteiger partial charge on any atom is -0.474 e. The number of ether oxygens (including phenoxy) is 2. The Balaban J connectivity index is 0.995. The Morgan fingerprint density at radius 1 is 1.02 bits per heavy atom. The third-order valence-electron chi connectivity index (χ3n) is 8.58. The molecule has 2 saturated heterocycles. The minimum atomic E-state index is -0.195. The zero-order valence-electron chi connectivity index (χ0n) is 25.7. The van der Waals surface area contributed by atoms with Gasteiger partial charge in [0.25, 0.3) is 5.91 Å². The first-order valence-corrected chi connectivity index (χ1v) is 16.1. The lowest BCUT2D eigenvalue weighted by atomic mass is 10.1. The van der Waals surface area contributed by atoms with Crippen molar-refractivity contribution in [3.8, 4) is 5.88 Å². The van der Waals surface area contributed by atoms with Gasteiger partial charge in [0.2, 0.25) is 5.88 Å². The van der Waals surface area contributed by atoms with Gasteiger partial charge in [0.1, 0.15) is 17.8 Å². The summed E-state index contributed by atoms with van der Waals surface area (Å²) in [6, 6.07) is 19.1. The molecule has 0 radical (unpaired) electrons. The summed E-state index contributed by atoms with van der Waals surface area (Å²) in [6.45, 7) is 5.97. The largest absolute Gasteiger partial charge is 0.474 e. The number of carbonyl (C=O) groups excluding carboxylic acids is 1. The highest BCUT2D eigenvalue weighted by molar-refractivity contribution is 6.30. The van der Waals surface area contributed by atoms with E-state index in [1.807, 2.05) is 61.5 Å². The number of piperidine rings is 1. The summed E-state index contributed by atoms with van der Waals surface area (Å²) in [4.78, 5) is 33.6. The van der Waals surface area contributed by atoms with Crippen LogP contribution in [0.15, 0.2) is 73.1 Å². The second kappa shape index (κ2) is 13.5. The number of aryl methyl sites for hydroxylation is 1. The topological polar surface area (TPSA) is 107 Å². The molecule has 5 heterocycles. The molecule has 0 saturated carbocycles. The quantitative estimate of drug-likeness (QED) is 0.203. The fourth-order valence-corrected chi connectivity index (χ4v) is 6.02. The summed E-state index contributed by atoms with van der Waals surface area (Å²) >= 11 is 6.02. The number of nitrogens with zero attached hydrogens (tertiary/aromatic N) is 6. The normalized spacial score (nSPS) is 17.1. The number of imidazole rings is 1. The maximum absolute atomic E-state index is 12.8. The fourth-order valence-electron chi connectivity index (χ4n) is 5.89. The van der Waals surface area contributed by atoms with Crippen LogP contribution in [0.1, 0.15) is 52.5 Å². The lowest BCUT2D eigenvalue weighted by molar-refractivity contribution is -0.0592. The molecule has 10 nitrogen and oxygen atoms in total. The highest BCUT2D eigenvalue weighted by atomic mass is 35.5. The van der Waals surface area contributed by atoms with Crippen LogP contribution in [0.5, 0.6) is 5.88 Å². The van der Waals surface area contributed by atoms with E-state index in [-0.39, 0.29) is 18.1 Å². The predicted molar refractivity (Wildman–Crippen MR) is 176 cm³/mol. The molecule has 3 aromatic heterocycles. The number of likely N-dealkylation sites (tertiary alicyclic amines) is 1. The van der Waals surface area contributed by atoms with E-state index in [0.717, 1.165) is 86.0 Å². The van der Waals surface area contributed by atoms with Crippen LogP contribution in [0, 0.1) is 6.92 Å². The fraction of sp³-hybridized carbons (Fsp3) is 0.343. The van der Waals surface area contributed by atoms with E-state index in [9.17, 15) is 4.79 Å². The molecule has 1 atom stereocenters. The average molecular weight is 638 g/mol. The van der Waals surface area contributed by atoms with E-state index in [1.165, 1.54) is 0 Å². The molecule has 236 valence electrons. The summed E-state index contributed by atoms with van der Waals surface area (Å²) in [5, 5.41) is 3.71.